The third kappa shape index (κ3) is 3.44. The molecule has 0 spiro atoms. The van der Waals surface area contributed by atoms with Crippen LogP contribution in [0.4, 0.5) is 0 Å². The Balaban J connectivity index is 2.07. The molecular weight excluding hydrogens is 222 g/mol. The van der Waals surface area contributed by atoms with E-state index in [9.17, 15) is 0 Å². The molecule has 1 aromatic carbocycles. The van der Waals surface area contributed by atoms with Gasteiger partial charge in [-0.25, -0.2) is 0 Å². The molecule has 0 aliphatic heterocycles. The van der Waals surface area contributed by atoms with Gasteiger partial charge in [0.1, 0.15) is 0 Å². The fourth-order valence-electron chi connectivity index (χ4n) is 2.08. The van der Waals surface area contributed by atoms with Gasteiger partial charge in [0.2, 0.25) is 0 Å². The Morgan fingerprint density at radius 3 is 2.61 bits per heavy atom. The van der Waals surface area contributed by atoms with Gasteiger partial charge in [0.15, 0.2) is 0 Å². The number of nitrogens with zero attached hydrogens (tertiary/aromatic N) is 2. The van der Waals surface area contributed by atoms with E-state index < -0.39 is 0 Å². The lowest BCUT2D eigenvalue weighted by molar-refractivity contribution is 0.665. The number of benzene rings is 1. The third-order valence-electron chi connectivity index (χ3n) is 3.05. The summed E-state index contributed by atoms with van der Waals surface area (Å²) in [6.07, 6.45) is 3.11. The lowest BCUT2D eigenvalue weighted by atomic mass is 10.0. The molecule has 0 saturated carbocycles. The van der Waals surface area contributed by atoms with Crippen molar-refractivity contribution in [2.24, 2.45) is 0 Å². The molecule has 1 heterocycles. The van der Waals surface area contributed by atoms with Gasteiger partial charge in [-0.1, -0.05) is 31.2 Å². The van der Waals surface area contributed by atoms with Gasteiger partial charge in [-0.15, -0.1) is 0 Å². The van der Waals surface area contributed by atoms with E-state index in [1.807, 2.05) is 23.9 Å². The monoisotopic (exact) mass is 243 g/mol. The van der Waals surface area contributed by atoms with Crippen molar-refractivity contribution in [3.05, 3.63) is 53.3 Å². The summed E-state index contributed by atoms with van der Waals surface area (Å²) in [6.45, 7) is 7.08. The van der Waals surface area contributed by atoms with E-state index in [1.54, 1.807) is 0 Å². The van der Waals surface area contributed by atoms with Crippen LogP contribution < -0.4 is 5.32 Å². The van der Waals surface area contributed by atoms with Crippen LogP contribution in [0.2, 0.25) is 0 Å². The topological polar surface area (TPSA) is 29.9 Å². The molecule has 3 nitrogen and oxygen atoms in total. The fraction of sp³-hybridized carbons (Fsp3) is 0.400. The van der Waals surface area contributed by atoms with Crippen molar-refractivity contribution in [3.8, 4) is 0 Å². The summed E-state index contributed by atoms with van der Waals surface area (Å²) < 4.78 is 2.00. The van der Waals surface area contributed by atoms with E-state index in [1.165, 1.54) is 11.1 Å². The molecule has 0 fully saturated rings. The second-order valence-electron chi connectivity index (χ2n) is 4.53. The maximum Gasteiger partial charge on any atom is 0.0662 e. The van der Waals surface area contributed by atoms with Crippen LogP contribution in [0, 0.1) is 6.92 Å². The summed E-state index contributed by atoms with van der Waals surface area (Å²) in [4.78, 5) is 0. The molecule has 2 aromatic rings. The Bertz CT molecular complexity index is 488. The minimum Gasteiger partial charge on any atom is -0.317 e. The molecule has 1 aromatic heterocycles. The van der Waals surface area contributed by atoms with E-state index in [2.05, 4.69) is 41.6 Å². The number of likely N-dealkylation sites (N-methyl/N-ethyl adjacent to an activating group) is 1. The average Bonchev–Trinajstić information content (AvgIpc) is 2.77. The van der Waals surface area contributed by atoms with Crippen LogP contribution in [0.5, 0.6) is 0 Å². The van der Waals surface area contributed by atoms with E-state index in [0.29, 0.717) is 0 Å². The van der Waals surface area contributed by atoms with Crippen LogP contribution in [-0.2, 0) is 13.0 Å². The fourth-order valence-corrected chi connectivity index (χ4v) is 2.08. The van der Waals surface area contributed by atoms with Gasteiger partial charge in [0.05, 0.1) is 12.2 Å². The zero-order valence-corrected chi connectivity index (χ0v) is 11.2. The summed E-state index contributed by atoms with van der Waals surface area (Å²) >= 11 is 0. The molecular formula is C15H21N3. The molecule has 2 rings (SSSR count). The largest absolute Gasteiger partial charge is 0.317 e. The Hall–Kier alpha value is -1.61. The number of aromatic nitrogens is 2. The van der Waals surface area contributed by atoms with Crippen LogP contribution >= 0.6 is 0 Å². The molecule has 18 heavy (non-hydrogen) atoms. The molecule has 0 aliphatic carbocycles. The first-order valence-electron chi connectivity index (χ1n) is 6.57. The third-order valence-corrected chi connectivity index (χ3v) is 3.05. The number of rotatable bonds is 6. The predicted octanol–water partition coefficient (Wildman–Crippen LogP) is 2.39. The van der Waals surface area contributed by atoms with Crippen LogP contribution in [0.25, 0.3) is 0 Å². The van der Waals surface area contributed by atoms with Crippen LogP contribution in [0.3, 0.4) is 0 Å². The van der Waals surface area contributed by atoms with Crippen molar-refractivity contribution < 1.29 is 0 Å². The maximum absolute atomic E-state index is 4.44. The molecule has 0 aliphatic rings. The van der Waals surface area contributed by atoms with Gasteiger partial charge >= 0.3 is 0 Å². The smallest absolute Gasteiger partial charge is 0.0662 e. The Labute approximate surface area is 109 Å². The molecule has 3 heteroatoms. The number of hydrogen-bond donors (Lipinski definition) is 1. The van der Waals surface area contributed by atoms with Crippen molar-refractivity contribution >= 4 is 0 Å². The van der Waals surface area contributed by atoms with Crippen LogP contribution in [0.15, 0.2) is 36.5 Å². The first kappa shape index (κ1) is 12.8. The second-order valence-corrected chi connectivity index (χ2v) is 4.53. The van der Waals surface area contributed by atoms with Gasteiger partial charge in [-0.3, -0.25) is 4.68 Å². The van der Waals surface area contributed by atoms with E-state index in [0.717, 1.165) is 31.7 Å². The van der Waals surface area contributed by atoms with Gasteiger partial charge in [0.25, 0.3) is 0 Å². The zero-order valence-electron chi connectivity index (χ0n) is 11.2. The summed E-state index contributed by atoms with van der Waals surface area (Å²) in [6, 6.07) is 10.7. The molecule has 0 amide bonds. The lowest BCUT2D eigenvalue weighted by Crippen LogP contribution is -2.17. The van der Waals surface area contributed by atoms with Crippen molar-refractivity contribution in [2.75, 3.05) is 13.1 Å². The molecule has 0 saturated heterocycles. The van der Waals surface area contributed by atoms with Crippen LogP contribution in [-0.4, -0.2) is 22.9 Å². The SMILES string of the molecule is CCNCCc1ccccc1Cn1ccc(C)n1. The standard InChI is InChI=1S/C15H21N3/c1-3-16-10-8-14-6-4-5-7-15(14)12-18-11-9-13(2)17-18/h4-7,9,11,16H,3,8,10,12H2,1-2H3. The minimum absolute atomic E-state index is 0.857. The highest BCUT2D eigenvalue weighted by Gasteiger charge is 2.03. The van der Waals surface area contributed by atoms with Gasteiger partial charge < -0.3 is 5.32 Å². The second kappa shape index (κ2) is 6.36. The van der Waals surface area contributed by atoms with Gasteiger partial charge in [-0.05, 0) is 43.6 Å². The summed E-state index contributed by atoms with van der Waals surface area (Å²) in [5, 5.41) is 7.81. The number of hydrogen-bond acceptors (Lipinski definition) is 2. The van der Waals surface area contributed by atoms with Crippen molar-refractivity contribution in [3.63, 3.8) is 0 Å². The van der Waals surface area contributed by atoms with Crippen LogP contribution in [0.1, 0.15) is 23.7 Å². The van der Waals surface area contributed by atoms with Gasteiger partial charge in [-0.2, -0.15) is 5.10 Å². The summed E-state index contributed by atoms with van der Waals surface area (Å²) in [7, 11) is 0. The van der Waals surface area contributed by atoms with Crippen molar-refractivity contribution in [2.45, 2.75) is 26.8 Å². The lowest BCUT2D eigenvalue weighted by Gasteiger charge is -2.10. The molecule has 0 radical (unpaired) electrons. The highest BCUT2D eigenvalue weighted by atomic mass is 15.3. The van der Waals surface area contributed by atoms with E-state index >= 15 is 0 Å². The Morgan fingerprint density at radius 2 is 1.94 bits per heavy atom. The quantitative estimate of drug-likeness (QED) is 0.790. The zero-order chi connectivity index (χ0) is 12.8. The highest BCUT2D eigenvalue weighted by molar-refractivity contribution is 5.27. The van der Waals surface area contributed by atoms with Gasteiger partial charge in [0, 0.05) is 6.20 Å². The number of aryl methyl sites for hydroxylation is 1. The first-order valence-corrected chi connectivity index (χ1v) is 6.57. The van der Waals surface area contributed by atoms with E-state index in [4.69, 9.17) is 0 Å². The predicted molar refractivity (Wildman–Crippen MR) is 74.8 cm³/mol. The Kier molecular flexibility index (Phi) is 4.53. The summed E-state index contributed by atoms with van der Waals surface area (Å²) in [5.74, 6) is 0. The Morgan fingerprint density at radius 1 is 1.17 bits per heavy atom. The molecule has 96 valence electrons. The molecule has 1 N–H and O–H groups in total. The normalized spacial score (nSPS) is 10.8. The maximum atomic E-state index is 4.44. The van der Waals surface area contributed by atoms with Crippen molar-refractivity contribution in [1.82, 2.24) is 15.1 Å². The highest BCUT2D eigenvalue weighted by Crippen LogP contribution is 2.11. The first-order chi connectivity index (χ1) is 8.79. The minimum atomic E-state index is 0.857. The summed E-state index contributed by atoms with van der Waals surface area (Å²) in [5.41, 5.74) is 3.84. The molecule has 0 atom stereocenters. The number of nitrogens with one attached hydrogen (secondary N) is 1. The molecule has 0 bridgehead atoms. The van der Waals surface area contributed by atoms with Crippen molar-refractivity contribution in [1.29, 1.82) is 0 Å². The van der Waals surface area contributed by atoms with E-state index in [-0.39, 0.29) is 0 Å². The molecule has 0 unspecified atom stereocenters. The average molecular weight is 243 g/mol.